The molecule has 2 N–H and O–H groups in total. The van der Waals surface area contributed by atoms with E-state index < -0.39 is 11.2 Å². The van der Waals surface area contributed by atoms with Crippen LogP contribution in [-0.2, 0) is 6.61 Å². The lowest BCUT2D eigenvalue weighted by atomic mass is 10.2. The summed E-state index contributed by atoms with van der Waals surface area (Å²) >= 11 is 0. The Morgan fingerprint density at radius 1 is 0.950 bits per heavy atom. The quantitative estimate of drug-likeness (QED) is 0.760. The van der Waals surface area contributed by atoms with Gasteiger partial charge in [-0.1, -0.05) is 30.3 Å². The number of hydrogen-bond acceptors (Lipinski definition) is 3. The van der Waals surface area contributed by atoms with Gasteiger partial charge in [0.15, 0.2) is 0 Å². The zero-order valence-electron chi connectivity index (χ0n) is 10.6. The summed E-state index contributed by atoms with van der Waals surface area (Å²) in [5.74, 6) is 0.582. The molecule has 0 aliphatic carbocycles. The van der Waals surface area contributed by atoms with Gasteiger partial charge in [-0.3, -0.25) is 9.78 Å². The summed E-state index contributed by atoms with van der Waals surface area (Å²) in [6.45, 7) is 0.424. The van der Waals surface area contributed by atoms with Gasteiger partial charge in [0.05, 0.1) is 10.9 Å². The maximum atomic E-state index is 11.7. The highest BCUT2D eigenvalue weighted by atomic mass is 16.5. The molecule has 3 aromatic rings. The molecule has 0 radical (unpaired) electrons. The number of ether oxygens (including phenoxy) is 1. The Bertz CT molecular complexity index is 850. The van der Waals surface area contributed by atoms with Gasteiger partial charge in [-0.2, -0.15) is 0 Å². The highest BCUT2D eigenvalue weighted by Crippen LogP contribution is 2.17. The SMILES string of the molecule is O=c1[nH]c(=O)c2cc(OCc3ccccc3)ccc2[nH]1. The van der Waals surface area contributed by atoms with E-state index >= 15 is 0 Å². The van der Waals surface area contributed by atoms with Gasteiger partial charge in [0.1, 0.15) is 12.4 Å². The van der Waals surface area contributed by atoms with E-state index in [4.69, 9.17) is 4.74 Å². The predicted molar refractivity (Wildman–Crippen MR) is 76.0 cm³/mol. The minimum atomic E-state index is -0.513. The number of hydrogen-bond donors (Lipinski definition) is 2. The molecule has 0 aliphatic rings. The summed E-state index contributed by atoms with van der Waals surface area (Å²) < 4.78 is 5.64. The Hall–Kier alpha value is -2.82. The molecule has 0 aliphatic heterocycles. The second-order valence-electron chi connectivity index (χ2n) is 4.39. The van der Waals surface area contributed by atoms with E-state index in [0.717, 1.165) is 5.56 Å². The number of nitrogens with one attached hydrogen (secondary N) is 2. The maximum Gasteiger partial charge on any atom is 0.326 e. The van der Waals surface area contributed by atoms with Crippen LogP contribution in [0.4, 0.5) is 0 Å². The molecule has 0 saturated heterocycles. The second kappa shape index (κ2) is 5.05. The fourth-order valence-electron chi connectivity index (χ4n) is 1.97. The van der Waals surface area contributed by atoms with Gasteiger partial charge in [0, 0.05) is 0 Å². The monoisotopic (exact) mass is 268 g/mol. The van der Waals surface area contributed by atoms with Gasteiger partial charge in [0.25, 0.3) is 5.56 Å². The van der Waals surface area contributed by atoms with E-state index in [0.29, 0.717) is 23.3 Å². The van der Waals surface area contributed by atoms with Crippen molar-refractivity contribution in [1.29, 1.82) is 0 Å². The van der Waals surface area contributed by atoms with Crippen LogP contribution < -0.4 is 16.0 Å². The van der Waals surface area contributed by atoms with Crippen molar-refractivity contribution in [3.05, 3.63) is 74.9 Å². The number of aromatic nitrogens is 2. The Kier molecular flexibility index (Phi) is 3.09. The topological polar surface area (TPSA) is 74.9 Å². The molecule has 0 atom stereocenters. The van der Waals surface area contributed by atoms with Crippen molar-refractivity contribution in [3.63, 3.8) is 0 Å². The standard InChI is InChI=1S/C15H12N2O3/c18-14-12-8-11(6-7-13(12)16-15(19)17-14)20-9-10-4-2-1-3-5-10/h1-8H,9H2,(H2,16,17,18,19). The van der Waals surface area contributed by atoms with Crippen molar-refractivity contribution >= 4 is 10.9 Å². The lowest BCUT2D eigenvalue weighted by molar-refractivity contribution is 0.306. The van der Waals surface area contributed by atoms with E-state index in [-0.39, 0.29) is 0 Å². The van der Waals surface area contributed by atoms with Crippen molar-refractivity contribution in [2.24, 2.45) is 0 Å². The summed E-state index contributed by atoms with van der Waals surface area (Å²) in [5, 5.41) is 0.398. The summed E-state index contributed by atoms with van der Waals surface area (Å²) in [6.07, 6.45) is 0. The van der Waals surface area contributed by atoms with Crippen molar-refractivity contribution in [2.45, 2.75) is 6.61 Å². The Labute approximate surface area is 113 Å². The average molecular weight is 268 g/mol. The Morgan fingerprint density at radius 3 is 2.55 bits per heavy atom. The summed E-state index contributed by atoms with van der Waals surface area (Å²) in [4.78, 5) is 27.6. The highest BCUT2D eigenvalue weighted by Gasteiger charge is 2.03. The third-order valence-electron chi connectivity index (χ3n) is 2.96. The molecule has 0 unspecified atom stereocenters. The van der Waals surface area contributed by atoms with E-state index in [1.54, 1.807) is 18.2 Å². The fraction of sp³-hybridized carbons (Fsp3) is 0.0667. The van der Waals surface area contributed by atoms with Gasteiger partial charge in [-0.15, -0.1) is 0 Å². The van der Waals surface area contributed by atoms with Crippen LogP contribution in [0.15, 0.2) is 58.1 Å². The summed E-state index contributed by atoms with van der Waals surface area (Å²) in [7, 11) is 0. The Balaban J connectivity index is 1.90. The molecule has 5 nitrogen and oxygen atoms in total. The summed E-state index contributed by atoms with van der Waals surface area (Å²) in [5.41, 5.74) is 0.600. The molecule has 1 heterocycles. The van der Waals surface area contributed by atoms with E-state index in [1.807, 2.05) is 30.3 Å². The van der Waals surface area contributed by atoms with Crippen LogP contribution in [0.1, 0.15) is 5.56 Å². The largest absolute Gasteiger partial charge is 0.489 e. The minimum absolute atomic E-state index is 0.398. The number of benzene rings is 2. The lowest BCUT2D eigenvalue weighted by Gasteiger charge is -2.06. The van der Waals surface area contributed by atoms with E-state index in [1.165, 1.54) is 0 Å². The first-order valence-electron chi connectivity index (χ1n) is 6.15. The van der Waals surface area contributed by atoms with Gasteiger partial charge < -0.3 is 9.72 Å². The molecule has 5 heteroatoms. The van der Waals surface area contributed by atoms with Gasteiger partial charge in [-0.25, -0.2) is 4.79 Å². The minimum Gasteiger partial charge on any atom is -0.489 e. The zero-order chi connectivity index (χ0) is 13.9. The third kappa shape index (κ3) is 2.47. The van der Waals surface area contributed by atoms with Crippen LogP contribution in [-0.4, -0.2) is 9.97 Å². The molecule has 0 fully saturated rings. The van der Waals surface area contributed by atoms with E-state index in [9.17, 15) is 9.59 Å². The van der Waals surface area contributed by atoms with Crippen LogP contribution in [0, 0.1) is 0 Å². The number of H-pyrrole nitrogens is 2. The van der Waals surface area contributed by atoms with Gasteiger partial charge in [0.2, 0.25) is 0 Å². The molecule has 0 amide bonds. The first-order valence-corrected chi connectivity index (χ1v) is 6.15. The molecule has 0 saturated carbocycles. The predicted octanol–water partition coefficient (Wildman–Crippen LogP) is 1.80. The zero-order valence-corrected chi connectivity index (χ0v) is 10.6. The van der Waals surface area contributed by atoms with Gasteiger partial charge >= 0.3 is 5.69 Å². The third-order valence-corrected chi connectivity index (χ3v) is 2.96. The smallest absolute Gasteiger partial charge is 0.326 e. The fourth-order valence-corrected chi connectivity index (χ4v) is 1.97. The van der Waals surface area contributed by atoms with Crippen molar-refractivity contribution in [2.75, 3.05) is 0 Å². The van der Waals surface area contributed by atoms with E-state index in [2.05, 4.69) is 9.97 Å². The van der Waals surface area contributed by atoms with Crippen LogP contribution >= 0.6 is 0 Å². The van der Waals surface area contributed by atoms with Crippen LogP contribution in [0.2, 0.25) is 0 Å². The first kappa shape index (κ1) is 12.2. The molecule has 100 valence electrons. The molecular formula is C15H12N2O3. The molecule has 0 spiro atoms. The molecule has 20 heavy (non-hydrogen) atoms. The van der Waals surface area contributed by atoms with Crippen molar-refractivity contribution in [1.82, 2.24) is 9.97 Å². The molecule has 1 aromatic heterocycles. The normalized spacial score (nSPS) is 10.6. The molecular weight excluding hydrogens is 256 g/mol. The highest BCUT2D eigenvalue weighted by molar-refractivity contribution is 5.78. The maximum absolute atomic E-state index is 11.7. The van der Waals surface area contributed by atoms with Crippen molar-refractivity contribution < 1.29 is 4.74 Å². The molecule has 0 bridgehead atoms. The molecule has 3 rings (SSSR count). The average Bonchev–Trinajstić information content (AvgIpc) is 2.46. The summed E-state index contributed by atoms with van der Waals surface area (Å²) in [6, 6.07) is 14.7. The number of aromatic amines is 2. The molecule has 2 aromatic carbocycles. The van der Waals surface area contributed by atoms with Gasteiger partial charge in [-0.05, 0) is 23.8 Å². The lowest BCUT2D eigenvalue weighted by Crippen LogP contribution is -2.21. The number of rotatable bonds is 3. The van der Waals surface area contributed by atoms with Crippen molar-refractivity contribution in [3.8, 4) is 5.75 Å². The number of fused-ring (bicyclic) bond motifs is 1. The van der Waals surface area contributed by atoms with Crippen LogP contribution in [0.5, 0.6) is 5.75 Å². The Morgan fingerprint density at radius 2 is 1.75 bits per heavy atom. The van der Waals surface area contributed by atoms with Crippen LogP contribution in [0.25, 0.3) is 10.9 Å². The van der Waals surface area contributed by atoms with Crippen LogP contribution in [0.3, 0.4) is 0 Å². The second-order valence-corrected chi connectivity index (χ2v) is 4.39. The first-order chi connectivity index (χ1) is 9.72.